The Morgan fingerprint density at radius 3 is 2.33 bits per heavy atom. The highest BCUT2D eigenvalue weighted by Crippen LogP contribution is 2.30. The number of carbonyl (C=O) groups is 1. The van der Waals surface area contributed by atoms with Crippen LogP contribution in [0.1, 0.15) is 17.0 Å². The Bertz CT molecular complexity index is 337. The molecule has 12 heavy (non-hydrogen) atoms. The van der Waals surface area contributed by atoms with Crippen molar-refractivity contribution in [2.45, 2.75) is 12.8 Å². The predicted molar refractivity (Wildman–Crippen MR) is 59.0 cm³/mol. The maximum Gasteiger partial charge on any atom is 0.198 e. The zero-order valence-electron chi connectivity index (χ0n) is 6.75. The molecule has 1 nitrogen and oxygen atoms in total. The molecule has 0 aliphatic carbocycles. The Kier molecular flexibility index (Phi) is 2.09. The van der Waals surface area contributed by atoms with Crippen molar-refractivity contribution < 1.29 is 4.79 Å². The predicted octanol–water partition coefficient (Wildman–Crippen LogP) is 2.39. The second-order valence-electron chi connectivity index (χ2n) is 2.93. The van der Waals surface area contributed by atoms with Crippen LogP contribution in [0.5, 0.6) is 0 Å². The van der Waals surface area contributed by atoms with Crippen LogP contribution in [0.2, 0.25) is 0 Å². The smallest absolute Gasteiger partial charge is 0.198 e. The van der Waals surface area contributed by atoms with Gasteiger partial charge in [-0.1, -0.05) is 29.8 Å². The van der Waals surface area contributed by atoms with E-state index in [4.69, 9.17) is 0 Å². The Balaban J connectivity index is 2.30. The molecule has 0 saturated heterocycles. The molecule has 0 amide bonds. The lowest BCUT2D eigenvalue weighted by molar-refractivity contribution is -0.109. The molecule has 62 valence electrons. The van der Waals surface area contributed by atoms with E-state index in [1.807, 2.05) is 0 Å². The van der Waals surface area contributed by atoms with Gasteiger partial charge in [-0.3, -0.25) is 4.79 Å². The molecule has 1 aliphatic heterocycles. The molecule has 2 rings (SSSR count). The summed E-state index contributed by atoms with van der Waals surface area (Å²) in [4.78, 5) is 11.1. The van der Waals surface area contributed by atoms with Crippen molar-refractivity contribution in [1.82, 2.24) is 0 Å². The van der Waals surface area contributed by atoms with E-state index in [9.17, 15) is 4.79 Å². The maximum atomic E-state index is 11.1. The van der Waals surface area contributed by atoms with E-state index in [0.29, 0.717) is 3.79 Å². The largest absolute Gasteiger partial charge is 0.287 e. The summed E-state index contributed by atoms with van der Waals surface area (Å²) in [6.07, 6.45) is 0. The van der Waals surface area contributed by atoms with Gasteiger partial charge in [0.2, 0.25) is 0 Å². The van der Waals surface area contributed by atoms with Crippen LogP contribution >= 0.6 is 20.7 Å². The highest BCUT2D eigenvalue weighted by molar-refractivity contribution is 14.2. The number of hydrogen-bond donors (Lipinski definition) is 0. The summed E-state index contributed by atoms with van der Waals surface area (Å²) in [5.74, 6) is 0.137. The van der Waals surface area contributed by atoms with Gasteiger partial charge in [0.1, 0.15) is 0 Å². The van der Waals surface area contributed by atoms with E-state index in [-0.39, 0.29) is 26.6 Å². The molecular formula is C10H9IO. The molecule has 1 unspecified atom stereocenters. The summed E-state index contributed by atoms with van der Waals surface area (Å²) >= 11 is -0.209. The van der Waals surface area contributed by atoms with Crippen LogP contribution in [0.4, 0.5) is 0 Å². The van der Waals surface area contributed by atoms with Crippen LogP contribution in [0.3, 0.4) is 0 Å². The monoisotopic (exact) mass is 272 g/mol. The summed E-state index contributed by atoms with van der Waals surface area (Å²) in [6.45, 7) is 2.06. The zero-order chi connectivity index (χ0) is 8.55. The average molecular weight is 272 g/mol. The van der Waals surface area contributed by atoms with E-state index in [2.05, 4.69) is 35.2 Å². The molecule has 0 fully saturated rings. The molecule has 2 heteroatoms. The fourth-order valence-electron chi connectivity index (χ4n) is 1.15. The highest BCUT2D eigenvalue weighted by atomic mass is 127. The second-order valence-corrected chi connectivity index (χ2v) is 5.33. The minimum absolute atomic E-state index is 0.137. The lowest BCUT2D eigenvalue weighted by Gasteiger charge is -2.15. The van der Waals surface area contributed by atoms with E-state index in [1.165, 1.54) is 5.56 Å². The number of benzene rings is 1. The molecule has 1 aromatic rings. The zero-order valence-corrected chi connectivity index (χ0v) is 8.91. The molecule has 0 saturated carbocycles. The van der Waals surface area contributed by atoms with Crippen molar-refractivity contribution in [2.24, 2.45) is 0 Å². The number of hydrogen-bond acceptors (Lipinski definition) is 1. The van der Waals surface area contributed by atoms with Gasteiger partial charge < -0.3 is 0 Å². The van der Waals surface area contributed by atoms with Gasteiger partial charge in [0.25, 0.3) is 0 Å². The summed E-state index contributed by atoms with van der Waals surface area (Å²) < 4.78 is 2.63. The summed E-state index contributed by atoms with van der Waals surface area (Å²) in [5, 5.41) is 0. The lowest BCUT2D eigenvalue weighted by Crippen LogP contribution is -2.14. The fraction of sp³-hybridized carbons (Fsp3) is 0.200. The minimum Gasteiger partial charge on any atom is -0.287 e. The van der Waals surface area contributed by atoms with Crippen LogP contribution in [0.15, 0.2) is 24.3 Å². The fourth-order valence-corrected chi connectivity index (χ4v) is 2.94. The van der Waals surface area contributed by atoms with Gasteiger partial charge in [-0.2, -0.15) is 0 Å². The SMILES string of the molecule is Cc1ccc(C2C=IC2=O)cc1. The molecule has 0 radical (unpaired) electrons. The molecule has 0 bridgehead atoms. The number of rotatable bonds is 1. The highest BCUT2D eigenvalue weighted by Gasteiger charge is 2.22. The third-order valence-electron chi connectivity index (χ3n) is 1.98. The van der Waals surface area contributed by atoms with Crippen molar-refractivity contribution >= 4 is 28.5 Å². The Morgan fingerprint density at radius 1 is 1.25 bits per heavy atom. The lowest BCUT2D eigenvalue weighted by atomic mass is 10.0. The van der Waals surface area contributed by atoms with Crippen LogP contribution in [0.25, 0.3) is 0 Å². The first kappa shape index (κ1) is 8.10. The van der Waals surface area contributed by atoms with Gasteiger partial charge in [0.05, 0.1) is 5.92 Å². The molecule has 1 atom stereocenters. The molecule has 1 aliphatic rings. The quantitative estimate of drug-likeness (QED) is 0.566. The van der Waals surface area contributed by atoms with Gasteiger partial charge in [-0.05, 0) is 37.2 Å². The van der Waals surface area contributed by atoms with E-state index < -0.39 is 0 Å². The van der Waals surface area contributed by atoms with Crippen molar-refractivity contribution in [3.63, 3.8) is 0 Å². The third-order valence-corrected chi connectivity index (χ3v) is 4.34. The number of halogens is 1. The molecular weight excluding hydrogens is 263 g/mol. The third kappa shape index (κ3) is 1.35. The van der Waals surface area contributed by atoms with Gasteiger partial charge in [-0.15, -0.1) is 0 Å². The van der Waals surface area contributed by atoms with Gasteiger partial charge in [0.15, 0.2) is 3.79 Å². The second kappa shape index (κ2) is 3.09. The van der Waals surface area contributed by atoms with Crippen molar-refractivity contribution in [3.05, 3.63) is 35.4 Å². The van der Waals surface area contributed by atoms with Gasteiger partial charge in [-0.25, -0.2) is 0 Å². The normalized spacial score (nSPS) is 21.4. The maximum absolute atomic E-state index is 11.1. The Hall–Kier alpha value is -0.510. The topological polar surface area (TPSA) is 17.1 Å². The first-order valence-electron chi connectivity index (χ1n) is 3.84. The molecule has 1 heterocycles. The van der Waals surface area contributed by atoms with Crippen molar-refractivity contribution in [2.75, 3.05) is 0 Å². The summed E-state index contributed by atoms with van der Waals surface area (Å²) in [7, 11) is 0. The summed E-state index contributed by atoms with van der Waals surface area (Å²) in [5.41, 5.74) is 2.41. The van der Waals surface area contributed by atoms with Crippen molar-refractivity contribution in [3.8, 4) is 0 Å². The molecule has 0 N–H and O–H groups in total. The van der Waals surface area contributed by atoms with Crippen molar-refractivity contribution in [1.29, 1.82) is 0 Å². The number of carbonyl (C=O) groups excluding carboxylic acids is 1. The van der Waals surface area contributed by atoms with E-state index in [0.717, 1.165) is 5.56 Å². The Labute approximate surface area is 81.5 Å². The van der Waals surface area contributed by atoms with Gasteiger partial charge >= 0.3 is 0 Å². The van der Waals surface area contributed by atoms with Crippen LogP contribution in [-0.4, -0.2) is 7.80 Å². The Morgan fingerprint density at radius 2 is 1.92 bits per heavy atom. The van der Waals surface area contributed by atoms with Gasteiger partial charge in [0, 0.05) is 0 Å². The van der Waals surface area contributed by atoms with Crippen LogP contribution < -0.4 is 0 Å². The standard InChI is InChI=1S/C10H9IO/c1-7-2-4-8(5-3-7)9-6-11-10(9)12/h2-6,9H,1H3. The molecule has 0 aromatic heterocycles. The van der Waals surface area contributed by atoms with Crippen LogP contribution in [0, 0.1) is 6.92 Å². The van der Waals surface area contributed by atoms with E-state index in [1.54, 1.807) is 0 Å². The minimum atomic E-state index is -0.209. The molecule has 0 spiro atoms. The van der Waals surface area contributed by atoms with Crippen LogP contribution in [-0.2, 0) is 4.79 Å². The summed E-state index contributed by atoms with van der Waals surface area (Å²) in [6, 6.07) is 8.23. The van der Waals surface area contributed by atoms with E-state index >= 15 is 0 Å². The first-order chi connectivity index (χ1) is 5.77. The average Bonchev–Trinajstić information content (AvgIpc) is 2.06. The number of aryl methyl sites for hydroxylation is 1. The molecule has 1 aromatic carbocycles. The first-order valence-corrected chi connectivity index (χ1v) is 6.17.